The van der Waals surface area contributed by atoms with E-state index in [-0.39, 0.29) is 12.0 Å². The minimum atomic E-state index is -0.695. The van der Waals surface area contributed by atoms with Crippen molar-refractivity contribution in [3.8, 4) is 0 Å². The highest BCUT2D eigenvalue weighted by molar-refractivity contribution is 6.30. The molecular weight excluding hydrogens is 214 g/mol. The van der Waals surface area contributed by atoms with Gasteiger partial charge in [0.15, 0.2) is 0 Å². The Hall–Kier alpha value is -1.22. The SMILES string of the molecule is O=C(O)C1CC(Nc2cccc(Cl)c2)C1. The second kappa shape index (κ2) is 4.11. The molecule has 0 amide bonds. The second-order valence-electron chi connectivity index (χ2n) is 3.86. The van der Waals surface area contributed by atoms with E-state index in [4.69, 9.17) is 16.7 Å². The van der Waals surface area contributed by atoms with Gasteiger partial charge in [0.2, 0.25) is 0 Å². The Bertz CT molecular complexity index is 375. The van der Waals surface area contributed by atoms with Gasteiger partial charge in [-0.15, -0.1) is 0 Å². The van der Waals surface area contributed by atoms with Crippen molar-refractivity contribution >= 4 is 23.3 Å². The monoisotopic (exact) mass is 225 g/mol. The van der Waals surface area contributed by atoms with E-state index in [1.165, 1.54) is 0 Å². The Balaban J connectivity index is 1.87. The molecule has 4 heteroatoms. The number of carboxylic acids is 1. The fourth-order valence-corrected chi connectivity index (χ4v) is 1.94. The number of nitrogens with one attached hydrogen (secondary N) is 1. The molecule has 1 aromatic carbocycles. The van der Waals surface area contributed by atoms with Gasteiger partial charge in [0, 0.05) is 16.8 Å². The molecule has 0 heterocycles. The summed E-state index contributed by atoms with van der Waals surface area (Å²) in [5.41, 5.74) is 0.955. The molecular formula is C11H12ClNO2. The Morgan fingerprint density at radius 2 is 2.20 bits per heavy atom. The third kappa shape index (κ3) is 2.42. The zero-order chi connectivity index (χ0) is 10.8. The van der Waals surface area contributed by atoms with Crippen molar-refractivity contribution in [3.63, 3.8) is 0 Å². The summed E-state index contributed by atoms with van der Waals surface area (Å²) in [6, 6.07) is 7.73. The first-order valence-electron chi connectivity index (χ1n) is 4.90. The van der Waals surface area contributed by atoms with E-state index in [2.05, 4.69) is 5.32 Å². The molecule has 0 bridgehead atoms. The predicted octanol–water partition coefficient (Wildman–Crippen LogP) is 2.62. The van der Waals surface area contributed by atoms with Crippen molar-refractivity contribution < 1.29 is 9.90 Å². The summed E-state index contributed by atoms with van der Waals surface area (Å²) in [6.07, 6.45) is 1.39. The van der Waals surface area contributed by atoms with Crippen LogP contribution in [-0.2, 0) is 4.79 Å². The predicted molar refractivity (Wildman–Crippen MR) is 59.2 cm³/mol. The largest absolute Gasteiger partial charge is 0.481 e. The van der Waals surface area contributed by atoms with Crippen LogP contribution in [0.2, 0.25) is 5.02 Å². The van der Waals surface area contributed by atoms with Gasteiger partial charge in [-0.3, -0.25) is 4.79 Å². The van der Waals surface area contributed by atoms with E-state index in [1.807, 2.05) is 24.3 Å². The maximum absolute atomic E-state index is 10.6. The fourth-order valence-electron chi connectivity index (χ4n) is 1.75. The van der Waals surface area contributed by atoms with Crippen LogP contribution in [0.3, 0.4) is 0 Å². The van der Waals surface area contributed by atoms with Crippen LogP contribution < -0.4 is 5.32 Å². The van der Waals surface area contributed by atoms with Crippen molar-refractivity contribution in [2.75, 3.05) is 5.32 Å². The van der Waals surface area contributed by atoms with Crippen LogP contribution in [0.15, 0.2) is 24.3 Å². The summed E-state index contributed by atoms with van der Waals surface area (Å²) in [6.45, 7) is 0. The topological polar surface area (TPSA) is 49.3 Å². The molecule has 0 radical (unpaired) electrons. The number of hydrogen-bond donors (Lipinski definition) is 2. The Labute approximate surface area is 93.1 Å². The molecule has 2 N–H and O–H groups in total. The standard InChI is InChI=1S/C11H12ClNO2/c12-8-2-1-3-9(6-8)13-10-4-7(5-10)11(14)15/h1-3,6-7,10,13H,4-5H2,(H,14,15). The van der Waals surface area contributed by atoms with Crippen LogP contribution in [0.25, 0.3) is 0 Å². The highest BCUT2D eigenvalue weighted by atomic mass is 35.5. The highest BCUT2D eigenvalue weighted by Crippen LogP contribution is 2.30. The molecule has 0 aliphatic heterocycles. The van der Waals surface area contributed by atoms with E-state index in [1.54, 1.807) is 0 Å². The van der Waals surface area contributed by atoms with Crippen molar-refractivity contribution in [1.82, 2.24) is 0 Å². The molecule has 0 unspecified atom stereocenters. The van der Waals surface area contributed by atoms with Crippen LogP contribution in [-0.4, -0.2) is 17.1 Å². The average Bonchev–Trinajstić information content (AvgIpc) is 2.10. The van der Waals surface area contributed by atoms with E-state index >= 15 is 0 Å². The number of rotatable bonds is 3. The lowest BCUT2D eigenvalue weighted by molar-refractivity contribution is -0.144. The van der Waals surface area contributed by atoms with Gasteiger partial charge < -0.3 is 10.4 Å². The molecule has 1 aliphatic rings. The average molecular weight is 226 g/mol. The molecule has 0 saturated heterocycles. The molecule has 80 valence electrons. The second-order valence-corrected chi connectivity index (χ2v) is 4.29. The number of halogens is 1. The van der Waals surface area contributed by atoms with Gasteiger partial charge in [0.1, 0.15) is 0 Å². The number of carbonyl (C=O) groups is 1. The number of aliphatic carboxylic acids is 1. The normalized spacial score (nSPS) is 24.3. The number of anilines is 1. The van der Waals surface area contributed by atoms with Gasteiger partial charge >= 0.3 is 5.97 Å². The first-order chi connectivity index (χ1) is 7.15. The quantitative estimate of drug-likeness (QED) is 0.832. The zero-order valence-electron chi connectivity index (χ0n) is 8.11. The van der Waals surface area contributed by atoms with Crippen LogP contribution in [0.4, 0.5) is 5.69 Å². The number of benzene rings is 1. The Morgan fingerprint density at radius 3 is 2.80 bits per heavy atom. The summed E-state index contributed by atoms with van der Waals surface area (Å²) in [5.74, 6) is -0.874. The van der Waals surface area contributed by atoms with E-state index in [0.29, 0.717) is 17.9 Å². The fraction of sp³-hybridized carbons (Fsp3) is 0.364. The van der Waals surface area contributed by atoms with Crippen LogP contribution >= 0.6 is 11.6 Å². The van der Waals surface area contributed by atoms with Gasteiger partial charge in [-0.25, -0.2) is 0 Å². The molecule has 1 fully saturated rings. The van der Waals surface area contributed by atoms with E-state index in [9.17, 15) is 4.79 Å². The zero-order valence-corrected chi connectivity index (χ0v) is 8.87. The molecule has 0 spiro atoms. The summed E-state index contributed by atoms with van der Waals surface area (Å²) in [4.78, 5) is 10.6. The molecule has 1 aromatic rings. The number of carboxylic acid groups (broad SMARTS) is 1. The van der Waals surface area contributed by atoms with Gasteiger partial charge in [0.25, 0.3) is 0 Å². The molecule has 1 aliphatic carbocycles. The third-order valence-corrected chi connectivity index (χ3v) is 2.92. The number of hydrogen-bond acceptors (Lipinski definition) is 2. The first kappa shape index (κ1) is 10.3. The van der Waals surface area contributed by atoms with Crippen LogP contribution in [0, 0.1) is 5.92 Å². The van der Waals surface area contributed by atoms with E-state index in [0.717, 1.165) is 5.69 Å². The van der Waals surface area contributed by atoms with Crippen LogP contribution in [0.1, 0.15) is 12.8 Å². The van der Waals surface area contributed by atoms with Gasteiger partial charge in [0.05, 0.1) is 5.92 Å². The first-order valence-corrected chi connectivity index (χ1v) is 5.28. The minimum absolute atomic E-state index is 0.179. The lowest BCUT2D eigenvalue weighted by Crippen LogP contribution is -2.39. The molecule has 0 atom stereocenters. The smallest absolute Gasteiger partial charge is 0.306 e. The summed E-state index contributed by atoms with van der Waals surface area (Å²) in [7, 11) is 0. The summed E-state index contributed by atoms with van der Waals surface area (Å²) >= 11 is 5.83. The third-order valence-electron chi connectivity index (χ3n) is 2.68. The Kier molecular flexibility index (Phi) is 2.82. The molecule has 15 heavy (non-hydrogen) atoms. The summed E-state index contributed by atoms with van der Waals surface area (Å²) in [5, 5.41) is 12.7. The molecule has 2 rings (SSSR count). The highest BCUT2D eigenvalue weighted by Gasteiger charge is 2.34. The summed E-state index contributed by atoms with van der Waals surface area (Å²) < 4.78 is 0. The van der Waals surface area contributed by atoms with E-state index < -0.39 is 5.97 Å². The molecule has 3 nitrogen and oxygen atoms in total. The maximum Gasteiger partial charge on any atom is 0.306 e. The molecule has 0 aromatic heterocycles. The van der Waals surface area contributed by atoms with Crippen molar-refractivity contribution in [1.29, 1.82) is 0 Å². The molecule has 1 saturated carbocycles. The maximum atomic E-state index is 10.6. The van der Waals surface area contributed by atoms with Crippen molar-refractivity contribution in [3.05, 3.63) is 29.3 Å². The minimum Gasteiger partial charge on any atom is -0.481 e. The van der Waals surface area contributed by atoms with Crippen LogP contribution in [0.5, 0.6) is 0 Å². The van der Waals surface area contributed by atoms with Crippen molar-refractivity contribution in [2.24, 2.45) is 5.92 Å². The Morgan fingerprint density at radius 1 is 1.47 bits per heavy atom. The van der Waals surface area contributed by atoms with Crippen molar-refractivity contribution in [2.45, 2.75) is 18.9 Å². The van der Waals surface area contributed by atoms with Gasteiger partial charge in [-0.2, -0.15) is 0 Å². The van der Waals surface area contributed by atoms with Gasteiger partial charge in [-0.1, -0.05) is 17.7 Å². The lowest BCUT2D eigenvalue weighted by Gasteiger charge is -2.33. The lowest BCUT2D eigenvalue weighted by atomic mass is 9.80. The van der Waals surface area contributed by atoms with Gasteiger partial charge in [-0.05, 0) is 31.0 Å².